The molecule has 1 aromatic carbocycles. The van der Waals surface area contributed by atoms with E-state index in [1.165, 1.54) is 18.3 Å². The summed E-state index contributed by atoms with van der Waals surface area (Å²) in [5, 5.41) is 11.3. The fourth-order valence-electron chi connectivity index (χ4n) is 1.53. The molecule has 2 rings (SSSR count). The quantitative estimate of drug-likeness (QED) is 0.747. The minimum atomic E-state index is -1.12. The number of nitrogen functional groups attached to an aromatic ring is 1. The highest BCUT2D eigenvalue weighted by molar-refractivity contribution is 9.10. The van der Waals surface area contributed by atoms with E-state index in [4.69, 9.17) is 10.8 Å². The average Bonchev–Trinajstić information content (AvgIpc) is 2.39. The van der Waals surface area contributed by atoms with Crippen molar-refractivity contribution in [2.45, 2.75) is 0 Å². The zero-order valence-corrected chi connectivity index (χ0v) is 11.7. The van der Waals surface area contributed by atoms with E-state index in [1.807, 2.05) is 0 Å². The van der Waals surface area contributed by atoms with E-state index in [0.29, 0.717) is 16.9 Å². The molecule has 0 saturated heterocycles. The van der Waals surface area contributed by atoms with Crippen molar-refractivity contribution in [1.29, 1.82) is 0 Å². The summed E-state index contributed by atoms with van der Waals surface area (Å²) in [4.78, 5) is 26.4. The van der Waals surface area contributed by atoms with E-state index < -0.39 is 5.97 Å². The van der Waals surface area contributed by atoms with Crippen LogP contribution in [0, 0.1) is 0 Å². The molecule has 0 atom stereocenters. The van der Waals surface area contributed by atoms with Gasteiger partial charge in [-0.25, -0.2) is 9.78 Å². The molecule has 7 heteroatoms. The molecule has 0 aliphatic heterocycles. The van der Waals surface area contributed by atoms with Gasteiger partial charge in [0, 0.05) is 10.2 Å². The molecule has 0 bridgehead atoms. The fourth-order valence-corrected chi connectivity index (χ4v) is 1.91. The van der Waals surface area contributed by atoms with E-state index in [9.17, 15) is 9.59 Å². The number of carbonyl (C=O) groups excluding carboxylic acids is 1. The lowest BCUT2D eigenvalue weighted by molar-refractivity contribution is 0.0690. The van der Waals surface area contributed by atoms with Crippen molar-refractivity contribution in [3.63, 3.8) is 0 Å². The van der Waals surface area contributed by atoms with E-state index >= 15 is 0 Å². The van der Waals surface area contributed by atoms with Crippen molar-refractivity contribution in [3.8, 4) is 0 Å². The Hall–Kier alpha value is -2.41. The number of aromatic nitrogens is 1. The molecule has 4 N–H and O–H groups in total. The highest BCUT2D eigenvalue weighted by Gasteiger charge is 2.11. The SMILES string of the molecule is Nc1cc(Br)ccc1C(=O)Nc1ccc(C(=O)O)nc1. The summed E-state index contributed by atoms with van der Waals surface area (Å²) in [5.74, 6) is -1.51. The van der Waals surface area contributed by atoms with E-state index in [0.717, 1.165) is 4.47 Å². The van der Waals surface area contributed by atoms with Gasteiger partial charge in [0.25, 0.3) is 5.91 Å². The highest BCUT2D eigenvalue weighted by Crippen LogP contribution is 2.19. The standard InChI is InChI=1S/C13H10BrN3O3/c14-7-1-3-9(10(15)5-7)12(18)17-8-2-4-11(13(19)20)16-6-8/h1-6H,15H2,(H,17,18)(H,19,20). The number of rotatable bonds is 3. The maximum atomic E-state index is 12.0. The molecule has 2 aromatic rings. The molecule has 0 saturated carbocycles. The van der Waals surface area contributed by atoms with Crippen LogP contribution in [0.3, 0.4) is 0 Å². The van der Waals surface area contributed by atoms with Gasteiger partial charge in [-0.1, -0.05) is 15.9 Å². The van der Waals surface area contributed by atoms with Crippen LogP contribution in [0.15, 0.2) is 41.0 Å². The Labute approximate surface area is 122 Å². The number of nitrogens with one attached hydrogen (secondary N) is 1. The van der Waals surface area contributed by atoms with Gasteiger partial charge < -0.3 is 16.2 Å². The Morgan fingerprint density at radius 3 is 2.55 bits per heavy atom. The summed E-state index contributed by atoms with van der Waals surface area (Å²) < 4.78 is 0.777. The van der Waals surface area contributed by atoms with Crippen molar-refractivity contribution in [1.82, 2.24) is 4.98 Å². The molecule has 20 heavy (non-hydrogen) atoms. The number of nitrogens with two attached hydrogens (primary N) is 1. The minimum Gasteiger partial charge on any atom is -0.477 e. The van der Waals surface area contributed by atoms with E-state index in [1.54, 1.807) is 18.2 Å². The molecular weight excluding hydrogens is 326 g/mol. The first kappa shape index (κ1) is 14.0. The number of aromatic carboxylic acids is 1. The molecule has 0 unspecified atom stereocenters. The van der Waals surface area contributed by atoms with Gasteiger partial charge in [-0.15, -0.1) is 0 Å². The summed E-state index contributed by atoms with van der Waals surface area (Å²) in [7, 11) is 0. The van der Waals surface area contributed by atoms with Gasteiger partial charge in [0.15, 0.2) is 0 Å². The molecule has 102 valence electrons. The summed E-state index contributed by atoms with van der Waals surface area (Å²) in [6.45, 7) is 0. The van der Waals surface area contributed by atoms with Gasteiger partial charge in [-0.3, -0.25) is 4.79 Å². The Morgan fingerprint density at radius 1 is 1.25 bits per heavy atom. The number of carboxylic acids is 1. The average molecular weight is 336 g/mol. The number of pyridine rings is 1. The van der Waals surface area contributed by atoms with Crippen LogP contribution < -0.4 is 11.1 Å². The number of hydrogen-bond donors (Lipinski definition) is 3. The third-order valence-corrected chi connectivity index (χ3v) is 2.99. The first-order valence-corrected chi connectivity index (χ1v) is 6.32. The largest absolute Gasteiger partial charge is 0.477 e. The zero-order chi connectivity index (χ0) is 14.7. The first-order valence-electron chi connectivity index (χ1n) is 5.53. The van der Waals surface area contributed by atoms with Gasteiger partial charge in [0.05, 0.1) is 17.4 Å². The highest BCUT2D eigenvalue weighted by atomic mass is 79.9. The summed E-state index contributed by atoms with van der Waals surface area (Å²) in [6.07, 6.45) is 1.27. The van der Waals surface area contributed by atoms with Crippen LogP contribution in [-0.2, 0) is 0 Å². The predicted octanol–water partition coefficient (Wildman–Crippen LogP) is 2.38. The van der Waals surface area contributed by atoms with Crippen LogP contribution in [0.5, 0.6) is 0 Å². The third kappa shape index (κ3) is 3.12. The molecule has 6 nitrogen and oxygen atoms in total. The predicted molar refractivity (Wildman–Crippen MR) is 77.7 cm³/mol. The second kappa shape index (κ2) is 5.70. The fraction of sp³-hybridized carbons (Fsp3) is 0. The second-order valence-electron chi connectivity index (χ2n) is 3.92. The zero-order valence-electron chi connectivity index (χ0n) is 10.1. The van der Waals surface area contributed by atoms with Gasteiger partial charge in [0.2, 0.25) is 0 Å². The van der Waals surface area contributed by atoms with Crippen LogP contribution in [0.1, 0.15) is 20.8 Å². The summed E-state index contributed by atoms with van der Waals surface area (Å²) in [5.41, 5.74) is 6.72. The molecule has 1 heterocycles. The Morgan fingerprint density at radius 2 is 2.00 bits per heavy atom. The molecule has 1 aromatic heterocycles. The topological polar surface area (TPSA) is 105 Å². The van der Waals surface area contributed by atoms with Crippen molar-refractivity contribution in [2.75, 3.05) is 11.1 Å². The normalized spacial score (nSPS) is 10.1. The second-order valence-corrected chi connectivity index (χ2v) is 4.84. The number of amides is 1. The lowest BCUT2D eigenvalue weighted by Crippen LogP contribution is -2.14. The number of halogens is 1. The molecule has 1 amide bonds. The summed E-state index contributed by atoms with van der Waals surface area (Å²) in [6, 6.07) is 7.69. The molecular formula is C13H10BrN3O3. The van der Waals surface area contributed by atoms with Crippen molar-refractivity contribution in [2.24, 2.45) is 0 Å². The molecule has 0 spiro atoms. The monoisotopic (exact) mass is 335 g/mol. The first-order chi connectivity index (χ1) is 9.47. The van der Waals surface area contributed by atoms with Crippen molar-refractivity contribution < 1.29 is 14.7 Å². The minimum absolute atomic E-state index is 0.0915. The summed E-state index contributed by atoms with van der Waals surface area (Å²) >= 11 is 3.26. The Bertz CT molecular complexity index is 671. The molecule has 0 aliphatic carbocycles. The Balaban J connectivity index is 2.17. The number of benzene rings is 1. The van der Waals surface area contributed by atoms with Crippen LogP contribution >= 0.6 is 15.9 Å². The molecule has 0 radical (unpaired) electrons. The van der Waals surface area contributed by atoms with Gasteiger partial charge in [-0.2, -0.15) is 0 Å². The van der Waals surface area contributed by atoms with Gasteiger partial charge in [-0.05, 0) is 30.3 Å². The third-order valence-electron chi connectivity index (χ3n) is 2.50. The maximum absolute atomic E-state index is 12.0. The van der Waals surface area contributed by atoms with Gasteiger partial charge >= 0.3 is 5.97 Å². The van der Waals surface area contributed by atoms with Crippen molar-refractivity contribution in [3.05, 3.63) is 52.3 Å². The molecule has 0 aliphatic rings. The van der Waals surface area contributed by atoms with Crippen LogP contribution in [0.2, 0.25) is 0 Å². The van der Waals surface area contributed by atoms with Crippen LogP contribution in [0.25, 0.3) is 0 Å². The smallest absolute Gasteiger partial charge is 0.354 e. The number of nitrogens with zero attached hydrogens (tertiary/aromatic N) is 1. The lowest BCUT2D eigenvalue weighted by atomic mass is 10.1. The maximum Gasteiger partial charge on any atom is 0.354 e. The number of carbonyl (C=O) groups is 2. The van der Waals surface area contributed by atoms with Crippen LogP contribution in [-0.4, -0.2) is 22.0 Å². The number of carboxylic acid groups (broad SMARTS) is 1. The Kier molecular flexibility index (Phi) is 3.99. The van der Waals surface area contributed by atoms with Crippen molar-refractivity contribution >= 4 is 39.2 Å². The lowest BCUT2D eigenvalue weighted by Gasteiger charge is -2.07. The number of anilines is 2. The number of hydrogen-bond acceptors (Lipinski definition) is 4. The van der Waals surface area contributed by atoms with E-state index in [2.05, 4.69) is 26.2 Å². The van der Waals surface area contributed by atoms with E-state index in [-0.39, 0.29) is 11.6 Å². The van der Waals surface area contributed by atoms with Crippen LogP contribution in [0.4, 0.5) is 11.4 Å². The molecule has 0 fully saturated rings. The van der Waals surface area contributed by atoms with Gasteiger partial charge in [0.1, 0.15) is 5.69 Å².